The standard InChI is InChI=1S/C16H32N8O5/c1-2-23(5-9-28-15(25)21-13(17)18)4-3-12-11-24(6-8-27-12)7-10-29-16(26)22-14(19)20/h12H,2-11H2,1H3,(H4,17,18,21,25)(H4,19,20,22,26). The van der Waals surface area contributed by atoms with Crippen LogP contribution in [0.25, 0.3) is 0 Å². The van der Waals surface area contributed by atoms with E-state index in [0.717, 1.165) is 32.6 Å². The van der Waals surface area contributed by atoms with Crippen molar-refractivity contribution in [3.05, 3.63) is 0 Å². The minimum atomic E-state index is -0.798. The van der Waals surface area contributed by atoms with Crippen molar-refractivity contribution in [2.45, 2.75) is 19.4 Å². The molecule has 0 saturated carbocycles. The summed E-state index contributed by atoms with van der Waals surface area (Å²) in [5.41, 5.74) is 20.5. The molecule has 1 rings (SSSR count). The van der Waals surface area contributed by atoms with E-state index in [9.17, 15) is 9.59 Å². The summed E-state index contributed by atoms with van der Waals surface area (Å²) in [5.74, 6) is -0.653. The van der Waals surface area contributed by atoms with Gasteiger partial charge in [0, 0.05) is 32.7 Å². The fourth-order valence-electron chi connectivity index (χ4n) is 2.71. The highest BCUT2D eigenvalue weighted by atomic mass is 16.6. The molecule has 1 atom stereocenters. The van der Waals surface area contributed by atoms with Crippen LogP contribution in [0.1, 0.15) is 13.3 Å². The first-order chi connectivity index (χ1) is 13.8. The van der Waals surface area contributed by atoms with Crippen molar-refractivity contribution in [3.8, 4) is 0 Å². The molecule has 1 fully saturated rings. The van der Waals surface area contributed by atoms with E-state index in [2.05, 4.69) is 19.8 Å². The molecular weight excluding hydrogens is 384 g/mol. The van der Waals surface area contributed by atoms with Crippen molar-refractivity contribution in [2.75, 3.05) is 59.1 Å². The highest BCUT2D eigenvalue weighted by Gasteiger charge is 2.21. The molecule has 1 aliphatic rings. The molecule has 0 aromatic carbocycles. The number of likely N-dealkylation sites (N-methyl/N-ethyl adjacent to an activating group) is 1. The Balaban J connectivity index is 2.26. The van der Waals surface area contributed by atoms with Gasteiger partial charge in [0.25, 0.3) is 0 Å². The summed E-state index contributed by atoms with van der Waals surface area (Å²) in [4.78, 5) is 33.4. The Kier molecular flexibility index (Phi) is 11.4. The van der Waals surface area contributed by atoms with Crippen LogP contribution in [0.15, 0.2) is 9.98 Å². The first-order valence-electron chi connectivity index (χ1n) is 9.39. The molecule has 13 heteroatoms. The predicted octanol–water partition coefficient (Wildman–Crippen LogP) is -1.78. The number of rotatable bonds is 10. The van der Waals surface area contributed by atoms with Gasteiger partial charge in [-0.1, -0.05) is 6.92 Å². The van der Waals surface area contributed by atoms with E-state index in [1.807, 2.05) is 6.92 Å². The normalized spacial score (nSPS) is 16.8. The monoisotopic (exact) mass is 416 g/mol. The van der Waals surface area contributed by atoms with Crippen LogP contribution in [0.5, 0.6) is 0 Å². The third-order valence-corrected chi connectivity index (χ3v) is 4.14. The van der Waals surface area contributed by atoms with E-state index in [1.54, 1.807) is 0 Å². The summed E-state index contributed by atoms with van der Waals surface area (Å²) in [6.07, 6.45) is -0.711. The van der Waals surface area contributed by atoms with Crippen LogP contribution in [0.4, 0.5) is 9.59 Å². The molecule has 0 radical (unpaired) electrons. The largest absolute Gasteiger partial charge is 0.446 e. The lowest BCUT2D eigenvalue weighted by Gasteiger charge is -2.33. The first-order valence-corrected chi connectivity index (χ1v) is 9.39. The second kappa shape index (κ2) is 13.5. The Hall–Kier alpha value is -2.64. The zero-order valence-corrected chi connectivity index (χ0v) is 16.8. The van der Waals surface area contributed by atoms with Gasteiger partial charge in [0.05, 0.1) is 12.7 Å². The third kappa shape index (κ3) is 11.7. The number of carbonyl (C=O) groups excluding carboxylic acids is 2. The van der Waals surface area contributed by atoms with Crippen LogP contribution in [0, 0.1) is 0 Å². The molecule has 166 valence electrons. The van der Waals surface area contributed by atoms with Gasteiger partial charge in [-0.05, 0) is 13.0 Å². The summed E-state index contributed by atoms with van der Waals surface area (Å²) in [6, 6.07) is 0. The van der Waals surface area contributed by atoms with Crippen LogP contribution in [-0.2, 0) is 14.2 Å². The molecule has 0 aromatic rings. The molecule has 8 N–H and O–H groups in total. The Bertz CT molecular complexity index is 578. The molecule has 0 bridgehead atoms. The average molecular weight is 416 g/mol. The maximum atomic E-state index is 11.3. The third-order valence-electron chi connectivity index (χ3n) is 4.14. The molecule has 1 saturated heterocycles. The maximum Gasteiger partial charge on any atom is 0.436 e. The number of amides is 2. The minimum absolute atomic E-state index is 0.0652. The second-order valence-electron chi connectivity index (χ2n) is 6.32. The highest BCUT2D eigenvalue weighted by molar-refractivity contribution is 5.88. The van der Waals surface area contributed by atoms with Gasteiger partial charge in [0.15, 0.2) is 11.9 Å². The van der Waals surface area contributed by atoms with Crippen LogP contribution in [-0.4, -0.2) is 99.1 Å². The molecule has 13 nitrogen and oxygen atoms in total. The average Bonchev–Trinajstić information content (AvgIpc) is 2.63. The SMILES string of the molecule is CCN(CCOC(=O)N=C(N)N)CCC1CN(CCOC(=O)N=C(N)N)CCO1. The zero-order valence-electron chi connectivity index (χ0n) is 16.8. The lowest BCUT2D eigenvalue weighted by Crippen LogP contribution is -2.45. The summed E-state index contributed by atoms with van der Waals surface area (Å²) in [6.45, 7) is 7.25. The number of guanidine groups is 2. The molecule has 1 unspecified atom stereocenters. The van der Waals surface area contributed by atoms with Gasteiger partial charge in [0.2, 0.25) is 0 Å². The Morgan fingerprint density at radius 3 is 2.28 bits per heavy atom. The van der Waals surface area contributed by atoms with E-state index in [-0.39, 0.29) is 31.2 Å². The summed E-state index contributed by atoms with van der Waals surface area (Å²) in [7, 11) is 0. The van der Waals surface area contributed by atoms with Crippen molar-refractivity contribution >= 4 is 24.1 Å². The zero-order chi connectivity index (χ0) is 21.6. The molecule has 1 aliphatic heterocycles. The number of hydrogen-bond acceptors (Lipinski definition) is 7. The number of carbonyl (C=O) groups is 2. The smallest absolute Gasteiger partial charge is 0.436 e. The van der Waals surface area contributed by atoms with Gasteiger partial charge in [-0.3, -0.25) is 4.90 Å². The number of aliphatic imine (C=N–C) groups is 2. The van der Waals surface area contributed by atoms with Crippen LogP contribution in [0.2, 0.25) is 0 Å². The van der Waals surface area contributed by atoms with Crippen molar-refractivity contribution in [1.29, 1.82) is 0 Å². The first kappa shape index (κ1) is 24.4. The second-order valence-corrected chi connectivity index (χ2v) is 6.32. The number of ether oxygens (including phenoxy) is 3. The molecular formula is C16H32N8O5. The van der Waals surface area contributed by atoms with Gasteiger partial charge in [-0.15, -0.1) is 9.98 Å². The van der Waals surface area contributed by atoms with E-state index in [4.69, 9.17) is 37.1 Å². The molecule has 2 amide bonds. The van der Waals surface area contributed by atoms with E-state index < -0.39 is 12.2 Å². The summed E-state index contributed by atoms with van der Waals surface area (Å²) >= 11 is 0. The van der Waals surface area contributed by atoms with Crippen molar-refractivity contribution < 1.29 is 23.8 Å². The summed E-state index contributed by atoms with van der Waals surface area (Å²) in [5, 5.41) is 0. The van der Waals surface area contributed by atoms with E-state index in [1.165, 1.54) is 0 Å². The lowest BCUT2D eigenvalue weighted by molar-refractivity contribution is -0.0396. The van der Waals surface area contributed by atoms with Gasteiger partial charge in [-0.2, -0.15) is 0 Å². The van der Waals surface area contributed by atoms with Crippen molar-refractivity contribution in [1.82, 2.24) is 9.80 Å². The van der Waals surface area contributed by atoms with Gasteiger partial charge < -0.3 is 42.0 Å². The van der Waals surface area contributed by atoms with Gasteiger partial charge in [-0.25, -0.2) is 9.59 Å². The van der Waals surface area contributed by atoms with E-state index in [0.29, 0.717) is 19.7 Å². The number of nitrogens with zero attached hydrogens (tertiary/aromatic N) is 4. The Morgan fingerprint density at radius 2 is 1.69 bits per heavy atom. The Morgan fingerprint density at radius 1 is 1.07 bits per heavy atom. The topological polar surface area (TPSA) is 197 Å². The van der Waals surface area contributed by atoms with Crippen LogP contribution < -0.4 is 22.9 Å². The van der Waals surface area contributed by atoms with Gasteiger partial charge in [0.1, 0.15) is 13.2 Å². The van der Waals surface area contributed by atoms with Gasteiger partial charge >= 0.3 is 12.2 Å². The van der Waals surface area contributed by atoms with Crippen LogP contribution in [0.3, 0.4) is 0 Å². The molecule has 0 aromatic heterocycles. The highest BCUT2D eigenvalue weighted by Crippen LogP contribution is 2.09. The summed E-state index contributed by atoms with van der Waals surface area (Å²) < 4.78 is 15.7. The fraction of sp³-hybridized carbons (Fsp3) is 0.750. The quantitative estimate of drug-likeness (QED) is 0.232. The maximum absolute atomic E-state index is 11.3. The molecule has 1 heterocycles. The number of hydrogen-bond donors (Lipinski definition) is 4. The lowest BCUT2D eigenvalue weighted by atomic mass is 10.2. The molecule has 0 aliphatic carbocycles. The van der Waals surface area contributed by atoms with E-state index >= 15 is 0 Å². The Labute approximate surface area is 170 Å². The molecule has 0 spiro atoms. The predicted molar refractivity (Wildman–Crippen MR) is 107 cm³/mol. The molecule has 29 heavy (non-hydrogen) atoms. The number of morpholine rings is 1. The van der Waals surface area contributed by atoms with Crippen LogP contribution >= 0.6 is 0 Å². The fourth-order valence-corrected chi connectivity index (χ4v) is 2.71. The number of nitrogens with two attached hydrogens (primary N) is 4. The minimum Gasteiger partial charge on any atom is -0.446 e. The van der Waals surface area contributed by atoms with Crippen molar-refractivity contribution in [3.63, 3.8) is 0 Å². The van der Waals surface area contributed by atoms with Crippen molar-refractivity contribution in [2.24, 2.45) is 32.9 Å².